The summed E-state index contributed by atoms with van der Waals surface area (Å²) in [6.45, 7) is 0. The van der Waals surface area contributed by atoms with Crippen LogP contribution < -0.4 is 5.73 Å². The molecule has 1 aromatic rings. The molecule has 0 aliphatic carbocycles. The summed E-state index contributed by atoms with van der Waals surface area (Å²) in [5.41, 5.74) is 5.99. The summed E-state index contributed by atoms with van der Waals surface area (Å²) in [5.74, 6) is -0.463. The molecule has 0 saturated carbocycles. The molecule has 0 aliphatic heterocycles. The van der Waals surface area contributed by atoms with Crippen LogP contribution in [0.25, 0.3) is 6.08 Å². The Bertz CT molecular complexity index is 350. The largest absolute Gasteiger partial charge is 0.396 e. The van der Waals surface area contributed by atoms with Crippen molar-refractivity contribution in [2.24, 2.45) is 0 Å². The maximum Gasteiger partial charge on any atom is 0.146 e. The highest BCUT2D eigenvalue weighted by molar-refractivity contribution is 5.65. The number of nitrogen functional groups attached to an aromatic ring is 1. The molecule has 0 fully saturated rings. The van der Waals surface area contributed by atoms with E-state index in [4.69, 9.17) is 11.0 Å². The first-order valence-electron chi connectivity index (χ1n) is 3.36. The number of nitrogens with zero attached hydrogens (tertiary/aromatic N) is 1. The van der Waals surface area contributed by atoms with E-state index in [-0.39, 0.29) is 5.69 Å². The lowest BCUT2D eigenvalue weighted by molar-refractivity contribution is 0.632. The van der Waals surface area contributed by atoms with Crippen LogP contribution in [0.5, 0.6) is 0 Å². The molecule has 0 saturated heterocycles. The van der Waals surface area contributed by atoms with Gasteiger partial charge in [-0.2, -0.15) is 5.26 Å². The third-order valence-electron chi connectivity index (χ3n) is 1.42. The summed E-state index contributed by atoms with van der Waals surface area (Å²) < 4.78 is 12.8. The fourth-order valence-corrected chi connectivity index (χ4v) is 0.826. The SMILES string of the molecule is N#CC=Cc1cccc(F)c1N. The van der Waals surface area contributed by atoms with Crippen LogP contribution in [0.1, 0.15) is 5.56 Å². The van der Waals surface area contributed by atoms with Crippen molar-refractivity contribution in [2.75, 3.05) is 5.73 Å². The van der Waals surface area contributed by atoms with Gasteiger partial charge in [0.05, 0.1) is 11.8 Å². The van der Waals surface area contributed by atoms with Gasteiger partial charge in [0.25, 0.3) is 0 Å². The van der Waals surface area contributed by atoms with Crippen LogP contribution >= 0.6 is 0 Å². The monoisotopic (exact) mass is 162 g/mol. The fraction of sp³-hybridized carbons (Fsp3) is 0. The topological polar surface area (TPSA) is 49.8 Å². The molecule has 0 spiro atoms. The number of anilines is 1. The van der Waals surface area contributed by atoms with E-state index in [0.29, 0.717) is 5.56 Å². The van der Waals surface area contributed by atoms with Gasteiger partial charge in [0.2, 0.25) is 0 Å². The van der Waals surface area contributed by atoms with E-state index in [2.05, 4.69) is 0 Å². The van der Waals surface area contributed by atoms with Gasteiger partial charge in [-0.15, -0.1) is 0 Å². The molecular weight excluding hydrogens is 155 g/mol. The number of hydrogen-bond donors (Lipinski definition) is 1. The van der Waals surface area contributed by atoms with Crippen LogP contribution in [0.4, 0.5) is 10.1 Å². The number of nitriles is 1. The van der Waals surface area contributed by atoms with Crippen molar-refractivity contribution >= 4 is 11.8 Å². The van der Waals surface area contributed by atoms with Gasteiger partial charge in [-0.25, -0.2) is 4.39 Å². The van der Waals surface area contributed by atoms with Crippen molar-refractivity contribution in [3.63, 3.8) is 0 Å². The van der Waals surface area contributed by atoms with Crippen LogP contribution in [0.15, 0.2) is 24.3 Å². The first-order valence-corrected chi connectivity index (χ1v) is 3.36. The lowest BCUT2D eigenvalue weighted by Crippen LogP contribution is -1.92. The summed E-state index contributed by atoms with van der Waals surface area (Å²) in [5, 5.41) is 8.22. The quantitative estimate of drug-likeness (QED) is 0.506. The molecule has 0 aliphatic rings. The van der Waals surface area contributed by atoms with Crippen LogP contribution in [-0.2, 0) is 0 Å². The Morgan fingerprint density at radius 3 is 2.92 bits per heavy atom. The third kappa shape index (κ3) is 1.61. The molecule has 12 heavy (non-hydrogen) atoms. The molecule has 1 aromatic carbocycles. The van der Waals surface area contributed by atoms with Crippen LogP contribution in [0.2, 0.25) is 0 Å². The van der Waals surface area contributed by atoms with Crippen molar-refractivity contribution in [3.05, 3.63) is 35.7 Å². The molecule has 3 heteroatoms. The minimum atomic E-state index is -0.463. The van der Waals surface area contributed by atoms with Gasteiger partial charge in [0, 0.05) is 11.6 Å². The smallest absolute Gasteiger partial charge is 0.146 e. The molecule has 0 radical (unpaired) electrons. The highest BCUT2D eigenvalue weighted by Crippen LogP contribution is 2.16. The average molecular weight is 162 g/mol. The van der Waals surface area contributed by atoms with E-state index in [0.717, 1.165) is 0 Å². The third-order valence-corrected chi connectivity index (χ3v) is 1.42. The maximum atomic E-state index is 12.8. The minimum Gasteiger partial charge on any atom is -0.396 e. The summed E-state index contributed by atoms with van der Waals surface area (Å²) >= 11 is 0. The van der Waals surface area contributed by atoms with Gasteiger partial charge < -0.3 is 5.73 Å². The van der Waals surface area contributed by atoms with Crippen LogP contribution in [0, 0.1) is 17.1 Å². The number of para-hydroxylation sites is 1. The van der Waals surface area contributed by atoms with Gasteiger partial charge in [-0.1, -0.05) is 12.1 Å². The summed E-state index contributed by atoms with van der Waals surface area (Å²) in [6, 6.07) is 6.27. The molecule has 60 valence electrons. The number of rotatable bonds is 1. The van der Waals surface area contributed by atoms with E-state index in [1.165, 1.54) is 18.2 Å². The minimum absolute atomic E-state index is 0.0731. The van der Waals surface area contributed by atoms with Crippen molar-refractivity contribution in [1.29, 1.82) is 5.26 Å². The molecule has 2 N–H and O–H groups in total. The van der Waals surface area contributed by atoms with E-state index in [1.54, 1.807) is 18.2 Å². The molecule has 0 bridgehead atoms. The Labute approximate surface area is 69.7 Å². The highest BCUT2D eigenvalue weighted by atomic mass is 19.1. The first-order chi connectivity index (χ1) is 5.75. The molecule has 1 rings (SSSR count). The summed E-state index contributed by atoms with van der Waals surface area (Å²) in [4.78, 5) is 0. The standard InChI is InChI=1S/C9H7FN2/c10-8-5-1-3-7(9(8)12)4-2-6-11/h1-5H,12H2. The van der Waals surface area contributed by atoms with Crippen molar-refractivity contribution in [3.8, 4) is 6.07 Å². The predicted octanol–water partition coefficient (Wildman–Crippen LogP) is 1.94. The Hall–Kier alpha value is -1.82. The fourth-order valence-electron chi connectivity index (χ4n) is 0.826. The van der Waals surface area contributed by atoms with Gasteiger partial charge in [-0.05, 0) is 12.1 Å². The second kappa shape index (κ2) is 3.54. The lowest BCUT2D eigenvalue weighted by atomic mass is 10.1. The number of benzene rings is 1. The van der Waals surface area contributed by atoms with E-state index in [1.807, 2.05) is 0 Å². The second-order valence-electron chi connectivity index (χ2n) is 2.21. The normalized spacial score (nSPS) is 10.0. The molecule has 2 nitrogen and oxygen atoms in total. The Kier molecular flexibility index (Phi) is 2.44. The van der Waals surface area contributed by atoms with Crippen molar-refractivity contribution < 1.29 is 4.39 Å². The Morgan fingerprint density at radius 1 is 1.50 bits per heavy atom. The molecule has 0 amide bonds. The number of hydrogen-bond acceptors (Lipinski definition) is 2. The van der Waals surface area contributed by atoms with E-state index in [9.17, 15) is 4.39 Å². The number of nitrogens with two attached hydrogens (primary N) is 1. The molecule has 0 atom stereocenters. The average Bonchev–Trinajstić information content (AvgIpc) is 2.08. The van der Waals surface area contributed by atoms with Crippen molar-refractivity contribution in [2.45, 2.75) is 0 Å². The van der Waals surface area contributed by atoms with E-state index < -0.39 is 5.82 Å². The van der Waals surface area contributed by atoms with Crippen molar-refractivity contribution in [1.82, 2.24) is 0 Å². The first kappa shape index (κ1) is 8.28. The molecule has 0 aromatic heterocycles. The van der Waals surface area contributed by atoms with Crippen LogP contribution in [-0.4, -0.2) is 0 Å². The van der Waals surface area contributed by atoms with Gasteiger partial charge in [0.15, 0.2) is 0 Å². The molecule has 0 heterocycles. The number of halogens is 1. The Morgan fingerprint density at radius 2 is 2.25 bits per heavy atom. The van der Waals surface area contributed by atoms with Gasteiger partial charge in [0.1, 0.15) is 5.82 Å². The second-order valence-corrected chi connectivity index (χ2v) is 2.21. The zero-order chi connectivity index (χ0) is 8.97. The Balaban J connectivity index is 3.10. The summed E-state index contributed by atoms with van der Waals surface area (Å²) in [6.07, 6.45) is 2.73. The molecule has 0 unspecified atom stereocenters. The number of allylic oxidation sites excluding steroid dienone is 1. The molecular formula is C9H7FN2. The van der Waals surface area contributed by atoms with Gasteiger partial charge >= 0.3 is 0 Å². The van der Waals surface area contributed by atoms with Crippen LogP contribution in [0.3, 0.4) is 0 Å². The predicted molar refractivity (Wildman–Crippen MR) is 45.5 cm³/mol. The van der Waals surface area contributed by atoms with Gasteiger partial charge in [-0.3, -0.25) is 0 Å². The summed E-state index contributed by atoms with van der Waals surface area (Å²) in [7, 11) is 0. The van der Waals surface area contributed by atoms with E-state index >= 15 is 0 Å². The highest BCUT2D eigenvalue weighted by Gasteiger charge is 1.99. The zero-order valence-electron chi connectivity index (χ0n) is 6.29. The zero-order valence-corrected chi connectivity index (χ0v) is 6.29. The lowest BCUT2D eigenvalue weighted by Gasteiger charge is -1.99. The maximum absolute atomic E-state index is 12.8.